The summed E-state index contributed by atoms with van der Waals surface area (Å²) < 4.78 is 13.0. The molecule has 1 aromatic carbocycles. The third-order valence-corrected chi connectivity index (χ3v) is 4.06. The summed E-state index contributed by atoms with van der Waals surface area (Å²) >= 11 is 12.3. The van der Waals surface area contributed by atoms with Gasteiger partial charge in [-0.05, 0) is 43.1 Å². The fourth-order valence-corrected chi connectivity index (χ4v) is 2.52. The van der Waals surface area contributed by atoms with Gasteiger partial charge in [-0.25, -0.2) is 4.39 Å². The number of pyridine rings is 1. The molecule has 0 aliphatic carbocycles. The van der Waals surface area contributed by atoms with Gasteiger partial charge in [0.05, 0.1) is 28.0 Å². The molecule has 1 atom stereocenters. The molecule has 1 heterocycles. The standard InChI is InChI=1S/C16H17Cl2FN2/c1-2-8-20-15(14-7-6-12(19)10-21-14)9-11-4-3-5-13(17)16(11)18/h3-7,10,15,20H,2,8-9H2,1H3. The molecule has 2 nitrogen and oxygen atoms in total. The van der Waals surface area contributed by atoms with Gasteiger partial charge in [0.25, 0.3) is 0 Å². The van der Waals surface area contributed by atoms with Crippen molar-refractivity contribution < 1.29 is 4.39 Å². The number of aromatic nitrogens is 1. The van der Waals surface area contributed by atoms with Crippen LogP contribution < -0.4 is 5.32 Å². The number of rotatable bonds is 6. The van der Waals surface area contributed by atoms with E-state index < -0.39 is 0 Å². The van der Waals surface area contributed by atoms with E-state index in [2.05, 4.69) is 17.2 Å². The highest BCUT2D eigenvalue weighted by Crippen LogP contribution is 2.28. The molecule has 1 N–H and O–H groups in total. The van der Waals surface area contributed by atoms with E-state index >= 15 is 0 Å². The van der Waals surface area contributed by atoms with Gasteiger partial charge in [0.2, 0.25) is 0 Å². The molecule has 0 radical (unpaired) electrons. The summed E-state index contributed by atoms with van der Waals surface area (Å²) in [5, 5.41) is 4.51. The van der Waals surface area contributed by atoms with Crippen molar-refractivity contribution >= 4 is 23.2 Å². The quantitative estimate of drug-likeness (QED) is 0.823. The third kappa shape index (κ3) is 4.40. The minimum Gasteiger partial charge on any atom is -0.308 e. The molecule has 21 heavy (non-hydrogen) atoms. The molecule has 0 aliphatic heterocycles. The number of hydrogen-bond donors (Lipinski definition) is 1. The van der Waals surface area contributed by atoms with Crippen molar-refractivity contribution in [3.8, 4) is 0 Å². The lowest BCUT2D eigenvalue weighted by atomic mass is 10.0. The van der Waals surface area contributed by atoms with E-state index in [1.807, 2.05) is 12.1 Å². The molecule has 0 fully saturated rings. The van der Waals surface area contributed by atoms with Gasteiger partial charge < -0.3 is 5.32 Å². The Bertz CT molecular complexity index is 587. The second kappa shape index (κ2) is 7.74. The predicted molar refractivity (Wildman–Crippen MR) is 85.4 cm³/mol. The first kappa shape index (κ1) is 16.2. The number of nitrogens with zero attached hydrogens (tertiary/aromatic N) is 1. The highest BCUT2D eigenvalue weighted by molar-refractivity contribution is 6.42. The largest absolute Gasteiger partial charge is 0.308 e. The van der Waals surface area contributed by atoms with Crippen LogP contribution in [0.5, 0.6) is 0 Å². The van der Waals surface area contributed by atoms with Gasteiger partial charge >= 0.3 is 0 Å². The van der Waals surface area contributed by atoms with Crippen molar-refractivity contribution in [2.24, 2.45) is 0 Å². The van der Waals surface area contributed by atoms with Gasteiger partial charge in [0, 0.05) is 0 Å². The normalized spacial score (nSPS) is 12.4. The van der Waals surface area contributed by atoms with Crippen LogP contribution in [-0.4, -0.2) is 11.5 Å². The minimum absolute atomic E-state index is 0.0264. The van der Waals surface area contributed by atoms with E-state index in [1.54, 1.807) is 12.1 Å². The zero-order valence-corrected chi connectivity index (χ0v) is 13.3. The maximum Gasteiger partial charge on any atom is 0.141 e. The maximum atomic E-state index is 13.0. The van der Waals surface area contributed by atoms with Gasteiger partial charge in [-0.3, -0.25) is 4.98 Å². The van der Waals surface area contributed by atoms with Crippen LogP contribution in [0.3, 0.4) is 0 Å². The third-order valence-electron chi connectivity index (χ3n) is 3.20. The summed E-state index contributed by atoms with van der Waals surface area (Å²) in [6.07, 6.45) is 2.88. The Hall–Kier alpha value is -1.16. The molecule has 0 bridgehead atoms. The van der Waals surface area contributed by atoms with Crippen LogP contribution in [0.2, 0.25) is 10.0 Å². The molecule has 0 saturated heterocycles. The van der Waals surface area contributed by atoms with Crippen LogP contribution in [0, 0.1) is 5.82 Å². The van der Waals surface area contributed by atoms with E-state index in [-0.39, 0.29) is 11.9 Å². The summed E-state index contributed by atoms with van der Waals surface area (Å²) in [5.41, 5.74) is 1.74. The fraction of sp³-hybridized carbons (Fsp3) is 0.312. The SMILES string of the molecule is CCCNC(Cc1cccc(Cl)c1Cl)c1ccc(F)cn1. The number of benzene rings is 1. The second-order valence-corrected chi connectivity index (χ2v) is 5.61. The molecule has 5 heteroatoms. The lowest BCUT2D eigenvalue weighted by molar-refractivity contribution is 0.514. The molecule has 112 valence electrons. The Morgan fingerprint density at radius 1 is 1.24 bits per heavy atom. The topological polar surface area (TPSA) is 24.9 Å². The molecule has 0 saturated carbocycles. The first-order valence-corrected chi connectivity index (χ1v) is 7.65. The smallest absolute Gasteiger partial charge is 0.141 e. The Morgan fingerprint density at radius 2 is 2.05 bits per heavy atom. The molecule has 0 amide bonds. The van der Waals surface area contributed by atoms with Crippen LogP contribution >= 0.6 is 23.2 Å². The fourth-order valence-electron chi connectivity index (χ4n) is 2.12. The van der Waals surface area contributed by atoms with E-state index in [0.717, 1.165) is 24.2 Å². The highest BCUT2D eigenvalue weighted by Gasteiger charge is 2.15. The number of nitrogens with one attached hydrogen (secondary N) is 1. The van der Waals surface area contributed by atoms with E-state index in [9.17, 15) is 4.39 Å². The minimum atomic E-state index is -0.339. The van der Waals surface area contributed by atoms with E-state index in [1.165, 1.54) is 12.3 Å². The Balaban J connectivity index is 2.23. The first-order valence-electron chi connectivity index (χ1n) is 6.89. The van der Waals surface area contributed by atoms with Crippen molar-refractivity contribution in [1.82, 2.24) is 10.3 Å². The summed E-state index contributed by atoms with van der Waals surface area (Å²) in [5.74, 6) is -0.339. The summed E-state index contributed by atoms with van der Waals surface area (Å²) in [4.78, 5) is 4.17. The van der Waals surface area contributed by atoms with Crippen LogP contribution in [0.1, 0.15) is 30.6 Å². The zero-order valence-electron chi connectivity index (χ0n) is 11.7. The number of halogens is 3. The molecule has 0 aliphatic rings. The average molecular weight is 327 g/mol. The monoisotopic (exact) mass is 326 g/mol. The van der Waals surface area contributed by atoms with Crippen LogP contribution in [0.15, 0.2) is 36.5 Å². The van der Waals surface area contributed by atoms with Gasteiger partial charge in [0.1, 0.15) is 5.82 Å². The zero-order chi connectivity index (χ0) is 15.2. The molecule has 2 aromatic rings. The lowest BCUT2D eigenvalue weighted by Gasteiger charge is -2.19. The van der Waals surface area contributed by atoms with Crippen molar-refractivity contribution in [3.63, 3.8) is 0 Å². The van der Waals surface area contributed by atoms with Crippen molar-refractivity contribution in [3.05, 3.63) is 63.6 Å². The lowest BCUT2D eigenvalue weighted by Crippen LogP contribution is -2.25. The van der Waals surface area contributed by atoms with Crippen molar-refractivity contribution in [2.45, 2.75) is 25.8 Å². The highest BCUT2D eigenvalue weighted by atomic mass is 35.5. The first-order chi connectivity index (χ1) is 10.1. The Labute approximate surface area is 134 Å². The van der Waals surface area contributed by atoms with Crippen molar-refractivity contribution in [1.29, 1.82) is 0 Å². The average Bonchev–Trinajstić information content (AvgIpc) is 2.49. The van der Waals surface area contributed by atoms with Gasteiger partial charge in [-0.1, -0.05) is 42.3 Å². The predicted octanol–water partition coefficient (Wildman–Crippen LogP) is 4.81. The summed E-state index contributed by atoms with van der Waals surface area (Å²) in [6, 6.07) is 8.67. The Morgan fingerprint density at radius 3 is 2.71 bits per heavy atom. The van der Waals surface area contributed by atoms with Crippen molar-refractivity contribution in [2.75, 3.05) is 6.54 Å². The molecule has 1 aromatic heterocycles. The Kier molecular flexibility index (Phi) is 5.97. The maximum absolute atomic E-state index is 13.0. The molecule has 2 rings (SSSR count). The van der Waals surface area contributed by atoms with Gasteiger partial charge in [-0.2, -0.15) is 0 Å². The molecule has 0 spiro atoms. The second-order valence-electron chi connectivity index (χ2n) is 4.83. The molecule has 1 unspecified atom stereocenters. The van der Waals surface area contributed by atoms with Gasteiger partial charge in [0.15, 0.2) is 0 Å². The van der Waals surface area contributed by atoms with Crippen LogP contribution in [0.25, 0.3) is 0 Å². The summed E-state index contributed by atoms with van der Waals surface area (Å²) in [6.45, 7) is 2.94. The van der Waals surface area contributed by atoms with Crippen LogP contribution in [0.4, 0.5) is 4.39 Å². The molecular formula is C16H17Cl2FN2. The van der Waals surface area contributed by atoms with Gasteiger partial charge in [-0.15, -0.1) is 0 Å². The number of hydrogen-bond acceptors (Lipinski definition) is 2. The van der Waals surface area contributed by atoms with E-state index in [4.69, 9.17) is 23.2 Å². The van der Waals surface area contributed by atoms with E-state index in [0.29, 0.717) is 16.5 Å². The van der Waals surface area contributed by atoms with Crippen LogP contribution in [-0.2, 0) is 6.42 Å². The molecular weight excluding hydrogens is 310 g/mol. The summed E-state index contributed by atoms with van der Waals surface area (Å²) in [7, 11) is 0.